The number of allylic oxidation sites excluding steroid dienone is 1. The number of rotatable bonds is 5. The molecule has 0 aromatic carbocycles. The number of aliphatic hydroxyl groups excluding tert-OH is 6. The maximum absolute atomic E-state index is 11.1. The smallest absolute Gasteiger partial charge is 0.187 e. The molecular formula is C39H62O12. The monoisotopic (exact) mass is 722 g/mol. The number of aliphatic hydroxyl groups is 6. The van der Waals surface area contributed by atoms with Gasteiger partial charge in [0.2, 0.25) is 0 Å². The Bertz CT molecular complexity index is 1300. The van der Waals surface area contributed by atoms with Crippen LogP contribution in [0.5, 0.6) is 0 Å². The van der Waals surface area contributed by atoms with E-state index in [-0.39, 0.29) is 23.0 Å². The van der Waals surface area contributed by atoms with E-state index in [1.165, 1.54) is 31.8 Å². The minimum Gasteiger partial charge on any atom is -0.394 e. The van der Waals surface area contributed by atoms with Crippen LogP contribution in [-0.2, 0) is 28.4 Å². The highest BCUT2D eigenvalue weighted by atomic mass is 16.8. The standard InChI is InChI=1S/C39H62O12/c1-18-8-13-39(46-17-18)19(2)28-26(51-39)15-25-23-7-6-21-14-22(9-11-37(21,4)24(23)10-12-38(25,28)5)48-36-34(32(44)30(42)27(16-40)49-36)50-35-33(45)31(43)29(41)20(3)47-35/h6,18-20,22-36,40-45H,7-17H2,1-5H3/t18?,19-,20-,22-,23+,24-,25-,26-,27+,28-,29-,30+,31+,32-,33+,34+,35-,36+,37-,38-,39+/m0/s1. The Morgan fingerprint density at radius 1 is 0.824 bits per heavy atom. The van der Waals surface area contributed by atoms with Crippen molar-refractivity contribution in [2.45, 2.75) is 172 Å². The molecule has 4 heterocycles. The zero-order valence-corrected chi connectivity index (χ0v) is 30.9. The van der Waals surface area contributed by atoms with Gasteiger partial charge in [0.05, 0.1) is 31.5 Å². The molecule has 4 aliphatic carbocycles. The van der Waals surface area contributed by atoms with Gasteiger partial charge in [-0.3, -0.25) is 0 Å². The van der Waals surface area contributed by atoms with Crippen LogP contribution in [0.4, 0.5) is 0 Å². The van der Waals surface area contributed by atoms with Crippen molar-refractivity contribution >= 4 is 0 Å². The van der Waals surface area contributed by atoms with Crippen molar-refractivity contribution in [1.82, 2.24) is 0 Å². The second-order valence-electron chi connectivity index (χ2n) is 18.3. The first-order valence-corrected chi connectivity index (χ1v) is 19.8. The van der Waals surface area contributed by atoms with Crippen LogP contribution in [0.3, 0.4) is 0 Å². The van der Waals surface area contributed by atoms with Gasteiger partial charge >= 0.3 is 0 Å². The summed E-state index contributed by atoms with van der Waals surface area (Å²) in [6.07, 6.45) is -1.68. The number of hydrogen-bond donors (Lipinski definition) is 6. The second kappa shape index (κ2) is 13.5. The minimum atomic E-state index is -1.61. The molecule has 0 radical (unpaired) electrons. The maximum Gasteiger partial charge on any atom is 0.187 e. The Balaban J connectivity index is 0.964. The van der Waals surface area contributed by atoms with Gasteiger partial charge < -0.3 is 59.1 Å². The molecule has 290 valence electrons. The molecule has 0 aromatic rings. The van der Waals surface area contributed by atoms with E-state index in [2.05, 4.69) is 33.8 Å². The zero-order valence-electron chi connectivity index (χ0n) is 30.9. The van der Waals surface area contributed by atoms with E-state index in [4.69, 9.17) is 28.4 Å². The van der Waals surface area contributed by atoms with Gasteiger partial charge in [-0.1, -0.05) is 39.3 Å². The summed E-state index contributed by atoms with van der Waals surface area (Å²) in [7, 11) is 0. The van der Waals surface area contributed by atoms with Crippen molar-refractivity contribution in [2.75, 3.05) is 13.2 Å². The van der Waals surface area contributed by atoms with Crippen molar-refractivity contribution in [1.29, 1.82) is 0 Å². The van der Waals surface area contributed by atoms with Crippen LogP contribution in [0.15, 0.2) is 11.6 Å². The second-order valence-corrected chi connectivity index (χ2v) is 18.3. The van der Waals surface area contributed by atoms with Gasteiger partial charge in [0.25, 0.3) is 0 Å². The molecule has 3 saturated carbocycles. The molecule has 21 atom stereocenters. The Kier molecular flexibility index (Phi) is 9.83. The molecule has 0 bridgehead atoms. The van der Waals surface area contributed by atoms with E-state index in [1.54, 1.807) is 0 Å². The van der Waals surface area contributed by atoms with Gasteiger partial charge in [0, 0.05) is 12.3 Å². The molecular weight excluding hydrogens is 660 g/mol. The van der Waals surface area contributed by atoms with Gasteiger partial charge in [-0.15, -0.1) is 0 Å². The summed E-state index contributed by atoms with van der Waals surface area (Å²) in [6.45, 7) is 11.5. The fraction of sp³-hybridized carbons (Fsp3) is 0.949. The average molecular weight is 723 g/mol. The van der Waals surface area contributed by atoms with Crippen molar-refractivity contribution in [2.24, 2.45) is 46.3 Å². The molecule has 6 N–H and O–H groups in total. The predicted molar refractivity (Wildman–Crippen MR) is 182 cm³/mol. The average Bonchev–Trinajstić information content (AvgIpc) is 3.56. The van der Waals surface area contributed by atoms with Gasteiger partial charge in [-0.25, -0.2) is 0 Å². The maximum atomic E-state index is 11.1. The summed E-state index contributed by atoms with van der Waals surface area (Å²) in [5.41, 5.74) is 1.70. The summed E-state index contributed by atoms with van der Waals surface area (Å²) in [5, 5.41) is 62.9. The first-order chi connectivity index (χ1) is 24.2. The molecule has 1 unspecified atom stereocenters. The van der Waals surface area contributed by atoms with Crippen molar-refractivity contribution in [3.63, 3.8) is 0 Å². The molecule has 4 saturated heterocycles. The summed E-state index contributed by atoms with van der Waals surface area (Å²) in [4.78, 5) is 0. The quantitative estimate of drug-likeness (QED) is 0.229. The highest BCUT2D eigenvalue weighted by Gasteiger charge is 2.68. The Morgan fingerprint density at radius 3 is 2.33 bits per heavy atom. The first-order valence-electron chi connectivity index (χ1n) is 19.8. The van der Waals surface area contributed by atoms with Crippen molar-refractivity contribution < 1.29 is 59.1 Å². The molecule has 8 aliphatic rings. The number of ether oxygens (including phenoxy) is 6. The Morgan fingerprint density at radius 2 is 1.61 bits per heavy atom. The summed E-state index contributed by atoms with van der Waals surface area (Å²) in [6, 6.07) is 0. The summed E-state index contributed by atoms with van der Waals surface area (Å²) >= 11 is 0. The fourth-order valence-electron chi connectivity index (χ4n) is 12.5. The molecule has 51 heavy (non-hydrogen) atoms. The third-order valence-corrected chi connectivity index (χ3v) is 15.6. The third kappa shape index (κ3) is 5.84. The van der Waals surface area contributed by atoms with Crippen LogP contribution in [0.1, 0.15) is 92.4 Å². The van der Waals surface area contributed by atoms with Crippen LogP contribution >= 0.6 is 0 Å². The molecule has 0 aromatic heterocycles. The van der Waals surface area contributed by atoms with E-state index in [0.717, 1.165) is 38.7 Å². The minimum absolute atomic E-state index is 0.0535. The Hall–Kier alpha value is -0.740. The van der Waals surface area contributed by atoms with E-state index < -0.39 is 73.8 Å². The van der Waals surface area contributed by atoms with Gasteiger partial charge in [-0.05, 0) is 98.7 Å². The lowest BCUT2D eigenvalue weighted by molar-refractivity contribution is -0.369. The van der Waals surface area contributed by atoms with E-state index in [9.17, 15) is 30.6 Å². The Labute approximate surface area is 301 Å². The third-order valence-electron chi connectivity index (χ3n) is 15.6. The topological polar surface area (TPSA) is 177 Å². The molecule has 7 fully saturated rings. The molecule has 8 rings (SSSR count). The lowest BCUT2D eigenvalue weighted by Gasteiger charge is -2.58. The summed E-state index contributed by atoms with van der Waals surface area (Å²) in [5.74, 6) is 2.92. The zero-order chi connectivity index (χ0) is 36.2. The SMILES string of the molecule is CC1CC[C@@]2(OC1)O[C@H]1C[C@H]3[C@@H]4CC=C5C[C@@H](O[C@@H]6O[C@H](CO)[C@@H](O)[C@H](O)[C@H]6O[C@@H]6O[C@@H](C)[C@H](O)[C@@H](O)[C@H]6O)CC[C@]5(C)[C@H]4CC[C@]3(C)[C@H]1[C@@H]2C. The highest BCUT2D eigenvalue weighted by Crippen LogP contribution is 2.70. The molecule has 12 heteroatoms. The lowest BCUT2D eigenvalue weighted by atomic mass is 9.47. The van der Waals surface area contributed by atoms with Crippen LogP contribution in [0.2, 0.25) is 0 Å². The van der Waals surface area contributed by atoms with E-state index >= 15 is 0 Å². The molecule has 4 aliphatic heterocycles. The van der Waals surface area contributed by atoms with Crippen molar-refractivity contribution in [3.8, 4) is 0 Å². The lowest BCUT2D eigenvalue weighted by Crippen LogP contribution is -2.64. The van der Waals surface area contributed by atoms with Crippen LogP contribution in [-0.4, -0.2) is 123 Å². The van der Waals surface area contributed by atoms with Gasteiger partial charge in [0.1, 0.15) is 42.7 Å². The first kappa shape index (κ1) is 37.2. The number of hydrogen-bond acceptors (Lipinski definition) is 12. The highest BCUT2D eigenvalue weighted by molar-refractivity contribution is 5.26. The number of fused-ring (bicyclic) bond motifs is 7. The van der Waals surface area contributed by atoms with Crippen LogP contribution in [0.25, 0.3) is 0 Å². The summed E-state index contributed by atoms with van der Waals surface area (Å²) < 4.78 is 37.6. The molecule has 1 spiro atoms. The van der Waals surface area contributed by atoms with Gasteiger partial charge in [0.15, 0.2) is 18.4 Å². The van der Waals surface area contributed by atoms with Crippen LogP contribution in [0, 0.1) is 46.3 Å². The molecule has 0 amide bonds. The van der Waals surface area contributed by atoms with Gasteiger partial charge in [-0.2, -0.15) is 0 Å². The predicted octanol–water partition coefficient (Wildman–Crippen LogP) is 2.39. The fourth-order valence-corrected chi connectivity index (χ4v) is 12.5. The van der Waals surface area contributed by atoms with E-state index in [0.29, 0.717) is 41.9 Å². The van der Waals surface area contributed by atoms with Crippen LogP contribution < -0.4 is 0 Å². The van der Waals surface area contributed by atoms with Crippen molar-refractivity contribution in [3.05, 3.63) is 11.6 Å². The molecule has 12 nitrogen and oxygen atoms in total. The van der Waals surface area contributed by atoms with E-state index in [1.807, 2.05) is 0 Å². The normalized spacial score (nSPS) is 58.4. The largest absolute Gasteiger partial charge is 0.394 e.